The van der Waals surface area contributed by atoms with Gasteiger partial charge in [-0.05, 0) is 36.6 Å². The fraction of sp³-hybridized carbons (Fsp3) is 0.258. The summed E-state index contributed by atoms with van der Waals surface area (Å²) >= 11 is 13.8. The van der Waals surface area contributed by atoms with E-state index in [0.717, 1.165) is 28.7 Å². The van der Waals surface area contributed by atoms with Crippen LogP contribution in [0.15, 0.2) is 59.5 Å². The summed E-state index contributed by atoms with van der Waals surface area (Å²) in [4.78, 5) is 43.6. The predicted molar refractivity (Wildman–Crippen MR) is 163 cm³/mol. The van der Waals surface area contributed by atoms with Crippen molar-refractivity contribution in [3.05, 3.63) is 91.8 Å². The molecule has 2 N–H and O–H groups in total. The number of likely N-dealkylation sites (tertiary alicyclic amines) is 1. The van der Waals surface area contributed by atoms with Crippen LogP contribution >= 0.6 is 23.2 Å². The number of aromatic nitrogens is 3. The molecule has 2 aliphatic rings. The number of aryl methyl sites for hydroxylation is 2. The first-order chi connectivity index (χ1) is 20.7. The third-order valence-electron chi connectivity index (χ3n) is 8.08. The molecule has 10 nitrogen and oxygen atoms in total. The Labute approximate surface area is 256 Å². The van der Waals surface area contributed by atoms with Gasteiger partial charge in [-0.2, -0.15) is 5.10 Å². The van der Waals surface area contributed by atoms with E-state index in [-0.39, 0.29) is 22.5 Å². The summed E-state index contributed by atoms with van der Waals surface area (Å²) in [7, 11) is 3.05. The molecule has 4 aromatic rings. The Balaban J connectivity index is 1.32. The minimum atomic E-state index is -0.767. The molecule has 1 amide bonds. The number of carboxylic acid groups (broad SMARTS) is 1. The number of fused-ring (bicyclic) bond motifs is 1. The number of ether oxygens (including phenoxy) is 1. The van der Waals surface area contributed by atoms with Crippen LogP contribution in [0.25, 0.3) is 22.4 Å². The van der Waals surface area contributed by atoms with E-state index in [1.807, 2.05) is 24.3 Å². The Kier molecular flexibility index (Phi) is 7.68. The number of pyridine rings is 1. The minimum Gasteiger partial charge on any atom is -0.481 e. The zero-order valence-corrected chi connectivity index (χ0v) is 24.8. The molecular formula is C31H27Cl2N5O5. The fourth-order valence-electron chi connectivity index (χ4n) is 5.81. The largest absolute Gasteiger partial charge is 0.481 e. The van der Waals surface area contributed by atoms with Gasteiger partial charge >= 0.3 is 5.97 Å². The number of halogens is 2. The number of carbonyl (C=O) groups is 2. The lowest BCUT2D eigenvalue weighted by Crippen LogP contribution is -2.51. The molecule has 6 rings (SSSR count). The second kappa shape index (κ2) is 11.4. The van der Waals surface area contributed by atoms with Gasteiger partial charge in [0.2, 0.25) is 5.88 Å². The third kappa shape index (κ3) is 5.15. The minimum absolute atomic E-state index is 0.0614. The van der Waals surface area contributed by atoms with E-state index in [4.69, 9.17) is 32.9 Å². The zero-order chi connectivity index (χ0) is 30.4. The number of aliphatic carboxylic acids is 1. The van der Waals surface area contributed by atoms with Crippen molar-refractivity contribution in [3.63, 3.8) is 0 Å². The van der Waals surface area contributed by atoms with Gasteiger partial charge in [0.25, 0.3) is 11.5 Å². The molecule has 1 unspecified atom stereocenters. The number of methoxy groups -OCH3 is 1. The standard InChI is InChI=1S/C31H27Cl2N5O5/c1-37-30(40)21(11-12-34-37)28(39)35-22-8-4-6-19(27(22)33)18-5-3-7-20(26(18)32)23-13-16-9-10-24(25(16)29(36-23)43-2)38-14-17(15-38)31(41)42/h3-8,11-13,17,24H,9-10,14-15H2,1-2H3,(H,35,39)(H,41,42). The molecule has 3 heterocycles. The van der Waals surface area contributed by atoms with Gasteiger partial charge in [-0.15, -0.1) is 0 Å². The summed E-state index contributed by atoms with van der Waals surface area (Å²) < 4.78 is 6.82. The molecule has 0 radical (unpaired) electrons. The fourth-order valence-corrected chi connectivity index (χ4v) is 6.41. The molecule has 1 aliphatic heterocycles. The Morgan fingerprint density at radius 3 is 2.47 bits per heavy atom. The van der Waals surface area contributed by atoms with Crippen molar-refractivity contribution in [1.29, 1.82) is 0 Å². The van der Waals surface area contributed by atoms with Gasteiger partial charge in [-0.1, -0.05) is 53.5 Å². The van der Waals surface area contributed by atoms with Crippen molar-refractivity contribution < 1.29 is 19.4 Å². The Bertz CT molecular complexity index is 1840. The number of carboxylic acids is 1. The smallest absolute Gasteiger partial charge is 0.309 e. The van der Waals surface area contributed by atoms with Crippen LogP contribution in [0.5, 0.6) is 5.88 Å². The van der Waals surface area contributed by atoms with Crippen LogP contribution in [0.2, 0.25) is 10.0 Å². The summed E-state index contributed by atoms with van der Waals surface area (Å²) in [5, 5.41) is 16.6. The number of nitrogens with one attached hydrogen (secondary N) is 1. The van der Waals surface area contributed by atoms with Crippen molar-refractivity contribution in [2.45, 2.75) is 18.9 Å². The van der Waals surface area contributed by atoms with Gasteiger partial charge in [-0.3, -0.25) is 19.3 Å². The maximum absolute atomic E-state index is 12.9. The van der Waals surface area contributed by atoms with Crippen molar-refractivity contribution in [1.82, 2.24) is 19.7 Å². The van der Waals surface area contributed by atoms with Crippen LogP contribution in [0.4, 0.5) is 5.69 Å². The van der Waals surface area contributed by atoms with Crippen molar-refractivity contribution in [2.75, 3.05) is 25.5 Å². The maximum Gasteiger partial charge on any atom is 0.309 e. The number of carbonyl (C=O) groups excluding carboxylic acids is 1. The molecule has 1 atom stereocenters. The molecule has 2 aromatic carbocycles. The van der Waals surface area contributed by atoms with Crippen molar-refractivity contribution in [2.24, 2.45) is 13.0 Å². The van der Waals surface area contributed by atoms with E-state index in [2.05, 4.69) is 15.3 Å². The first-order valence-electron chi connectivity index (χ1n) is 13.6. The predicted octanol–water partition coefficient (Wildman–Crippen LogP) is 5.08. The summed E-state index contributed by atoms with van der Waals surface area (Å²) in [5.74, 6) is -1.21. The highest BCUT2D eigenvalue weighted by Crippen LogP contribution is 2.46. The second-order valence-corrected chi connectivity index (χ2v) is 11.4. The average Bonchev–Trinajstić information content (AvgIpc) is 3.38. The van der Waals surface area contributed by atoms with Gasteiger partial charge in [0.1, 0.15) is 5.56 Å². The number of benzene rings is 2. The van der Waals surface area contributed by atoms with E-state index >= 15 is 0 Å². The SMILES string of the molecule is COc1nc(-c2cccc(-c3cccc(NC(=O)c4ccnn(C)c4=O)c3Cl)c2Cl)cc2c1C(N1CC(C(=O)O)C1)CC2. The van der Waals surface area contributed by atoms with E-state index in [0.29, 0.717) is 52.1 Å². The Hall–Kier alpha value is -4.25. The highest BCUT2D eigenvalue weighted by molar-refractivity contribution is 6.39. The quantitative estimate of drug-likeness (QED) is 0.293. The normalized spacial score (nSPS) is 16.4. The van der Waals surface area contributed by atoms with Gasteiger partial charge < -0.3 is 15.2 Å². The van der Waals surface area contributed by atoms with Crippen molar-refractivity contribution in [3.8, 4) is 28.3 Å². The summed E-state index contributed by atoms with van der Waals surface area (Å²) in [6.07, 6.45) is 3.05. The number of hydrogen-bond donors (Lipinski definition) is 2. The summed E-state index contributed by atoms with van der Waals surface area (Å²) in [6.45, 7) is 1.02. The van der Waals surface area contributed by atoms with E-state index in [9.17, 15) is 19.5 Å². The first kappa shape index (κ1) is 28.9. The summed E-state index contributed by atoms with van der Waals surface area (Å²) in [5.41, 5.74) is 4.38. The highest BCUT2D eigenvalue weighted by atomic mass is 35.5. The number of rotatable bonds is 7. The van der Waals surface area contributed by atoms with Crippen molar-refractivity contribution >= 4 is 40.8 Å². The highest BCUT2D eigenvalue weighted by Gasteiger charge is 2.41. The molecule has 220 valence electrons. The van der Waals surface area contributed by atoms with Crippen LogP contribution in [0.3, 0.4) is 0 Å². The number of hydrogen-bond acceptors (Lipinski definition) is 7. The second-order valence-electron chi connectivity index (χ2n) is 10.6. The van der Waals surface area contributed by atoms with E-state index in [1.165, 1.54) is 19.3 Å². The van der Waals surface area contributed by atoms with Gasteiger partial charge in [-0.25, -0.2) is 9.67 Å². The Morgan fingerprint density at radius 1 is 1.05 bits per heavy atom. The van der Waals surface area contributed by atoms with E-state index < -0.39 is 17.4 Å². The monoisotopic (exact) mass is 619 g/mol. The van der Waals surface area contributed by atoms with Crippen LogP contribution < -0.4 is 15.6 Å². The lowest BCUT2D eigenvalue weighted by atomic mass is 9.95. The van der Waals surface area contributed by atoms with Crippen LogP contribution in [-0.2, 0) is 18.3 Å². The maximum atomic E-state index is 12.9. The molecule has 0 spiro atoms. The third-order valence-corrected chi connectivity index (χ3v) is 8.90. The first-order valence-corrected chi connectivity index (χ1v) is 14.4. The Morgan fingerprint density at radius 2 is 1.74 bits per heavy atom. The van der Waals surface area contributed by atoms with Crippen LogP contribution in [0.1, 0.15) is 33.9 Å². The van der Waals surface area contributed by atoms with Gasteiger partial charge in [0, 0.05) is 54.6 Å². The topological polar surface area (TPSA) is 127 Å². The summed E-state index contributed by atoms with van der Waals surface area (Å²) in [6, 6.07) is 14.2. The van der Waals surface area contributed by atoms with Gasteiger partial charge in [0.05, 0.1) is 34.5 Å². The van der Waals surface area contributed by atoms with Crippen LogP contribution in [0, 0.1) is 5.92 Å². The molecule has 1 saturated heterocycles. The lowest BCUT2D eigenvalue weighted by molar-refractivity contribution is -0.148. The molecule has 12 heteroatoms. The average molecular weight is 620 g/mol. The number of nitrogens with zero attached hydrogens (tertiary/aromatic N) is 4. The molecule has 2 aromatic heterocycles. The molecule has 1 aliphatic carbocycles. The molecular weight excluding hydrogens is 593 g/mol. The molecule has 43 heavy (non-hydrogen) atoms. The number of amides is 1. The molecule has 1 fully saturated rings. The van der Waals surface area contributed by atoms with Crippen LogP contribution in [-0.4, -0.2) is 56.8 Å². The molecule has 0 bridgehead atoms. The molecule has 0 saturated carbocycles. The zero-order valence-electron chi connectivity index (χ0n) is 23.3. The lowest BCUT2D eigenvalue weighted by Gasteiger charge is -2.41. The van der Waals surface area contributed by atoms with Gasteiger partial charge in [0.15, 0.2) is 0 Å². The number of anilines is 1. The van der Waals surface area contributed by atoms with E-state index in [1.54, 1.807) is 25.3 Å².